The average molecular weight is 553 g/mol. The molecule has 0 aromatic heterocycles. The van der Waals surface area contributed by atoms with Crippen molar-refractivity contribution in [3.8, 4) is 0 Å². The van der Waals surface area contributed by atoms with E-state index in [0.29, 0.717) is 22.8 Å². The van der Waals surface area contributed by atoms with Crippen LogP contribution >= 0.6 is 23.4 Å². The number of rotatable bonds is 11. The molecule has 38 heavy (non-hydrogen) atoms. The lowest BCUT2D eigenvalue weighted by molar-refractivity contribution is -0.139. The van der Waals surface area contributed by atoms with Crippen LogP contribution in [0.4, 0.5) is 4.39 Å². The van der Waals surface area contributed by atoms with E-state index in [9.17, 15) is 14.0 Å². The Bertz CT molecular complexity index is 1200. The predicted octanol–water partition coefficient (Wildman–Crippen LogP) is 6.80. The number of hydrogen-bond acceptors (Lipinski definition) is 3. The van der Waals surface area contributed by atoms with Crippen molar-refractivity contribution in [3.63, 3.8) is 0 Å². The number of benzene rings is 3. The van der Waals surface area contributed by atoms with Crippen molar-refractivity contribution in [2.45, 2.75) is 62.9 Å². The van der Waals surface area contributed by atoms with Crippen LogP contribution in [-0.2, 0) is 28.3 Å². The molecule has 1 aliphatic carbocycles. The van der Waals surface area contributed by atoms with Gasteiger partial charge in [0.15, 0.2) is 0 Å². The highest BCUT2D eigenvalue weighted by Crippen LogP contribution is 2.22. The Morgan fingerprint density at radius 1 is 0.947 bits per heavy atom. The van der Waals surface area contributed by atoms with Crippen molar-refractivity contribution >= 4 is 35.2 Å². The smallest absolute Gasteiger partial charge is 0.243 e. The van der Waals surface area contributed by atoms with Crippen LogP contribution in [0.25, 0.3) is 0 Å². The molecule has 1 fully saturated rings. The zero-order chi connectivity index (χ0) is 26.7. The summed E-state index contributed by atoms with van der Waals surface area (Å²) < 4.78 is 14.7. The molecular weight excluding hydrogens is 519 g/mol. The molecule has 1 N–H and O–H groups in total. The maximum atomic E-state index is 14.7. The molecule has 0 aliphatic heterocycles. The molecule has 3 aromatic carbocycles. The molecule has 0 radical (unpaired) electrons. The fourth-order valence-electron chi connectivity index (χ4n) is 4.87. The normalized spacial score (nSPS) is 14.6. The van der Waals surface area contributed by atoms with Gasteiger partial charge in [0.2, 0.25) is 11.8 Å². The van der Waals surface area contributed by atoms with E-state index >= 15 is 0 Å². The van der Waals surface area contributed by atoms with Gasteiger partial charge in [0.1, 0.15) is 11.9 Å². The molecule has 200 valence electrons. The van der Waals surface area contributed by atoms with Gasteiger partial charge >= 0.3 is 0 Å². The molecular formula is C31H34ClFN2O2S. The van der Waals surface area contributed by atoms with Crippen molar-refractivity contribution in [1.29, 1.82) is 0 Å². The van der Waals surface area contributed by atoms with Gasteiger partial charge in [-0.15, -0.1) is 11.8 Å². The van der Waals surface area contributed by atoms with Crippen LogP contribution in [0.5, 0.6) is 0 Å². The van der Waals surface area contributed by atoms with Gasteiger partial charge in [-0.2, -0.15) is 0 Å². The summed E-state index contributed by atoms with van der Waals surface area (Å²) >= 11 is 7.57. The SMILES string of the molecule is O=C(NC1CCCCC1)[C@@H](Cc1ccccc1)N(Cc1ccccc1F)C(=O)CSCc1cccc(Cl)c1. The zero-order valence-corrected chi connectivity index (χ0v) is 23.0. The van der Waals surface area contributed by atoms with Crippen LogP contribution in [0.3, 0.4) is 0 Å². The maximum Gasteiger partial charge on any atom is 0.243 e. The van der Waals surface area contributed by atoms with E-state index in [2.05, 4.69) is 5.32 Å². The summed E-state index contributed by atoms with van der Waals surface area (Å²) in [6, 6.07) is 23.0. The standard InChI is InChI=1S/C31H34ClFN2O2S/c32-26-14-9-12-24(18-26)21-38-22-30(36)35(20-25-13-7-8-17-28(25)33)29(19-23-10-3-1-4-11-23)31(37)34-27-15-5-2-6-16-27/h1,3-4,7-14,17-18,27,29H,2,5-6,15-16,19-22H2,(H,34,37)/t29-/m1/s1. The van der Waals surface area contributed by atoms with Crippen molar-refractivity contribution < 1.29 is 14.0 Å². The van der Waals surface area contributed by atoms with Crippen LogP contribution in [-0.4, -0.2) is 34.6 Å². The highest BCUT2D eigenvalue weighted by Gasteiger charge is 2.32. The van der Waals surface area contributed by atoms with Gasteiger partial charge in [-0.3, -0.25) is 9.59 Å². The van der Waals surface area contributed by atoms with Crippen LogP contribution in [0.15, 0.2) is 78.9 Å². The number of carbonyl (C=O) groups excluding carboxylic acids is 2. The van der Waals surface area contributed by atoms with E-state index < -0.39 is 6.04 Å². The highest BCUT2D eigenvalue weighted by atomic mass is 35.5. The summed E-state index contributed by atoms with van der Waals surface area (Å²) in [5.41, 5.74) is 2.37. The summed E-state index contributed by atoms with van der Waals surface area (Å²) in [5, 5.41) is 3.87. The molecule has 0 bridgehead atoms. The van der Waals surface area contributed by atoms with Crippen molar-refractivity contribution in [1.82, 2.24) is 10.2 Å². The van der Waals surface area contributed by atoms with Gasteiger partial charge in [0.05, 0.1) is 5.75 Å². The summed E-state index contributed by atoms with van der Waals surface area (Å²) in [6.45, 7) is 0.0266. The molecule has 7 heteroatoms. The van der Waals surface area contributed by atoms with E-state index in [0.717, 1.165) is 36.8 Å². The average Bonchev–Trinajstić information content (AvgIpc) is 2.92. The molecule has 0 unspecified atom stereocenters. The Labute approximate surface area is 234 Å². The molecule has 1 atom stereocenters. The fraction of sp³-hybridized carbons (Fsp3) is 0.355. The first-order valence-electron chi connectivity index (χ1n) is 13.2. The molecule has 0 saturated heterocycles. The Hall–Kier alpha value is -2.83. The summed E-state index contributed by atoms with van der Waals surface area (Å²) in [7, 11) is 0. The van der Waals surface area contributed by atoms with Crippen LogP contribution in [0.1, 0.15) is 48.8 Å². The third-order valence-electron chi connectivity index (χ3n) is 6.90. The minimum atomic E-state index is -0.752. The van der Waals surface area contributed by atoms with Gasteiger partial charge in [-0.05, 0) is 42.2 Å². The lowest BCUT2D eigenvalue weighted by Crippen LogP contribution is -2.53. The lowest BCUT2D eigenvalue weighted by Gasteiger charge is -2.33. The van der Waals surface area contributed by atoms with Crippen molar-refractivity contribution in [2.75, 3.05) is 5.75 Å². The molecule has 1 aliphatic rings. The second-order valence-corrected chi connectivity index (χ2v) is 11.2. The highest BCUT2D eigenvalue weighted by molar-refractivity contribution is 7.99. The lowest BCUT2D eigenvalue weighted by atomic mass is 9.94. The van der Waals surface area contributed by atoms with E-state index in [1.54, 1.807) is 23.1 Å². The third-order valence-corrected chi connectivity index (χ3v) is 8.13. The number of carbonyl (C=O) groups is 2. The van der Waals surface area contributed by atoms with Gasteiger partial charge < -0.3 is 10.2 Å². The summed E-state index contributed by atoms with van der Waals surface area (Å²) in [6.07, 6.45) is 5.61. The third kappa shape index (κ3) is 8.34. The maximum absolute atomic E-state index is 14.7. The Balaban J connectivity index is 1.57. The second-order valence-electron chi connectivity index (χ2n) is 9.78. The van der Waals surface area contributed by atoms with Gasteiger partial charge in [0.25, 0.3) is 0 Å². The predicted molar refractivity (Wildman–Crippen MR) is 154 cm³/mol. The monoisotopic (exact) mass is 552 g/mol. The molecule has 1 saturated carbocycles. The van der Waals surface area contributed by atoms with Crippen LogP contribution < -0.4 is 5.32 Å². The fourth-order valence-corrected chi connectivity index (χ4v) is 5.94. The molecule has 0 heterocycles. The van der Waals surface area contributed by atoms with Crippen molar-refractivity contribution in [3.05, 3.63) is 106 Å². The minimum absolute atomic E-state index is 0.0266. The zero-order valence-electron chi connectivity index (χ0n) is 21.5. The Kier molecular flexibility index (Phi) is 10.6. The second kappa shape index (κ2) is 14.4. The summed E-state index contributed by atoms with van der Waals surface area (Å²) in [5.74, 6) is 0.0220. The van der Waals surface area contributed by atoms with Gasteiger partial charge in [0, 0.05) is 35.3 Å². The number of halogens is 2. The molecule has 2 amide bonds. The number of thioether (sulfide) groups is 1. The van der Waals surface area contributed by atoms with E-state index in [-0.39, 0.29) is 36.0 Å². The number of nitrogens with one attached hydrogen (secondary N) is 1. The molecule has 0 spiro atoms. The Morgan fingerprint density at radius 2 is 1.66 bits per heavy atom. The van der Waals surface area contributed by atoms with Crippen molar-refractivity contribution in [2.24, 2.45) is 0 Å². The number of nitrogens with zero attached hydrogens (tertiary/aromatic N) is 1. The largest absolute Gasteiger partial charge is 0.352 e. The quantitative estimate of drug-likeness (QED) is 0.284. The van der Waals surface area contributed by atoms with E-state index in [4.69, 9.17) is 11.6 Å². The van der Waals surface area contributed by atoms with Crippen LogP contribution in [0.2, 0.25) is 5.02 Å². The molecule has 4 nitrogen and oxygen atoms in total. The number of amides is 2. The van der Waals surface area contributed by atoms with Gasteiger partial charge in [-0.1, -0.05) is 91.5 Å². The minimum Gasteiger partial charge on any atom is -0.352 e. The van der Waals surface area contributed by atoms with E-state index in [1.165, 1.54) is 24.2 Å². The number of hydrogen-bond donors (Lipinski definition) is 1. The van der Waals surface area contributed by atoms with Gasteiger partial charge in [-0.25, -0.2) is 4.39 Å². The van der Waals surface area contributed by atoms with Crippen LogP contribution in [0, 0.1) is 5.82 Å². The first kappa shape index (κ1) is 28.2. The molecule has 4 rings (SSSR count). The molecule has 3 aromatic rings. The topological polar surface area (TPSA) is 49.4 Å². The summed E-state index contributed by atoms with van der Waals surface area (Å²) in [4.78, 5) is 29.0. The first-order valence-corrected chi connectivity index (χ1v) is 14.7. The van der Waals surface area contributed by atoms with E-state index in [1.807, 2.05) is 54.6 Å². The first-order chi connectivity index (χ1) is 18.5. The Morgan fingerprint density at radius 3 is 2.39 bits per heavy atom.